The quantitative estimate of drug-likeness (QED) is 0.332. The molecule has 0 bridgehead atoms. The Morgan fingerprint density at radius 1 is 1.10 bits per heavy atom. The largest absolute Gasteiger partial charge is 1.00 e. The highest BCUT2D eigenvalue weighted by molar-refractivity contribution is 14.1. The van der Waals surface area contributed by atoms with Crippen LogP contribution in [0.5, 0.6) is 0 Å². The zero-order valence-corrected chi connectivity index (χ0v) is 19.9. The summed E-state index contributed by atoms with van der Waals surface area (Å²) < 4.78 is 1.09. The number of hydrogen-bond acceptors (Lipinski definition) is 4. The van der Waals surface area contributed by atoms with Gasteiger partial charge in [0.2, 0.25) is 0 Å². The van der Waals surface area contributed by atoms with Crippen LogP contribution in [-0.4, -0.2) is 19.0 Å². The van der Waals surface area contributed by atoms with Crippen LogP contribution in [0.2, 0.25) is 0 Å². The molecule has 2 N–H and O–H groups in total. The molecule has 0 saturated heterocycles. The van der Waals surface area contributed by atoms with E-state index in [9.17, 15) is 10.1 Å². The second-order valence-corrected chi connectivity index (χ2v) is 7.64. The fourth-order valence-electron chi connectivity index (χ4n) is 2.85. The molecule has 0 unspecified atom stereocenters. The summed E-state index contributed by atoms with van der Waals surface area (Å²) >= 11 is 2.22. The Morgan fingerprint density at radius 2 is 1.72 bits per heavy atom. The number of carbonyl (C=O) groups is 1. The smallest absolute Gasteiger partial charge is 0.267 e. The first-order chi connectivity index (χ1) is 13.4. The summed E-state index contributed by atoms with van der Waals surface area (Å²) in [5, 5.41) is 15.3. The van der Waals surface area contributed by atoms with Crippen molar-refractivity contribution in [3.8, 4) is 6.07 Å². The number of halogens is 2. The molecule has 7 heteroatoms. The Kier molecular flexibility index (Phi) is 9.99. The van der Waals surface area contributed by atoms with Crippen LogP contribution >= 0.6 is 22.6 Å². The maximum absolute atomic E-state index is 12.5. The van der Waals surface area contributed by atoms with E-state index >= 15 is 0 Å². The molecular formula is C22H25ClIN4O-. The molecule has 0 aromatic heterocycles. The molecule has 0 saturated carbocycles. The number of aryl methyl sites for hydroxylation is 2. The Balaban J connectivity index is 0.00000420. The predicted molar refractivity (Wildman–Crippen MR) is 125 cm³/mol. The average Bonchev–Trinajstić information content (AvgIpc) is 2.67. The van der Waals surface area contributed by atoms with Crippen LogP contribution in [0, 0.1) is 28.7 Å². The molecule has 154 valence electrons. The summed E-state index contributed by atoms with van der Waals surface area (Å²) in [6.45, 7) is 10.1. The van der Waals surface area contributed by atoms with E-state index in [1.807, 2.05) is 50.2 Å². The molecule has 0 radical (unpaired) electrons. The molecule has 2 rings (SSSR count). The lowest BCUT2D eigenvalue weighted by Crippen LogP contribution is -3.00. The molecule has 0 aliphatic carbocycles. The van der Waals surface area contributed by atoms with Gasteiger partial charge in [-0.1, -0.05) is 0 Å². The van der Waals surface area contributed by atoms with Crippen LogP contribution in [0.3, 0.4) is 0 Å². The lowest BCUT2D eigenvalue weighted by Gasteiger charge is -2.22. The van der Waals surface area contributed by atoms with Crippen molar-refractivity contribution < 1.29 is 17.2 Å². The molecule has 2 aromatic carbocycles. The molecule has 2 aromatic rings. The Morgan fingerprint density at radius 3 is 2.28 bits per heavy atom. The highest BCUT2D eigenvalue weighted by Crippen LogP contribution is 2.23. The van der Waals surface area contributed by atoms with Crippen LogP contribution < -0.4 is 27.9 Å². The van der Waals surface area contributed by atoms with Crippen LogP contribution in [-0.2, 0) is 4.79 Å². The first-order valence-electron chi connectivity index (χ1n) is 9.19. The van der Waals surface area contributed by atoms with Gasteiger partial charge in [-0.25, -0.2) is 0 Å². The van der Waals surface area contributed by atoms with Gasteiger partial charge in [0, 0.05) is 39.9 Å². The van der Waals surface area contributed by atoms with Crippen molar-refractivity contribution in [2.24, 2.45) is 0 Å². The summed E-state index contributed by atoms with van der Waals surface area (Å²) in [5.74, 6) is -0.434. The maximum Gasteiger partial charge on any atom is 0.267 e. The predicted octanol–water partition coefficient (Wildman–Crippen LogP) is 2.22. The third-order valence-corrected chi connectivity index (χ3v) is 5.18. The minimum Gasteiger partial charge on any atom is -1.00 e. The van der Waals surface area contributed by atoms with E-state index in [4.69, 9.17) is 0 Å². The number of carbonyl (C=O) groups excluding carboxylic acids is 1. The summed E-state index contributed by atoms with van der Waals surface area (Å²) in [4.78, 5) is 14.7. The minimum atomic E-state index is -0.434. The van der Waals surface area contributed by atoms with Crippen LogP contribution in [0.15, 0.2) is 48.2 Å². The highest BCUT2D eigenvalue weighted by atomic mass is 127. The number of benzene rings is 2. The normalized spacial score (nSPS) is 10.6. The van der Waals surface area contributed by atoms with E-state index in [2.05, 4.69) is 58.0 Å². The van der Waals surface area contributed by atoms with Crippen molar-refractivity contribution in [1.29, 1.82) is 5.26 Å². The molecule has 29 heavy (non-hydrogen) atoms. The monoisotopic (exact) mass is 523 g/mol. The fourth-order valence-corrected chi connectivity index (χ4v) is 3.50. The first-order valence-corrected chi connectivity index (χ1v) is 10.3. The van der Waals surface area contributed by atoms with Gasteiger partial charge in [0.15, 0.2) is 0 Å². The van der Waals surface area contributed by atoms with Gasteiger partial charge in [-0.2, -0.15) is 5.26 Å². The minimum absolute atomic E-state index is 0. The molecule has 0 spiro atoms. The van der Waals surface area contributed by atoms with Crippen LogP contribution in [0.25, 0.3) is 0 Å². The van der Waals surface area contributed by atoms with Gasteiger partial charge in [-0.15, -0.1) is 0 Å². The standard InChI is InChI=1S/C22H25IN4O.ClH/c1-5-27(6-2)19-8-10-20(16(4)12-19)25-14-17(13-24)22(28)26-21-9-7-18(23)11-15(21)3;/h7-12,14,25H,5-6H2,1-4H3,(H,26,28);1H/p-1/b17-14-;. The molecule has 1 amide bonds. The van der Waals surface area contributed by atoms with Crippen LogP contribution in [0.1, 0.15) is 25.0 Å². The number of amides is 1. The van der Waals surface area contributed by atoms with Crippen molar-refractivity contribution in [2.75, 3.05) is 28.6 Å². The summed E-state index contributed by atoms with van der Waals surface area (Å²) in [6.07, 6.45) is 1.46. The van der Waals surface area contributed by atoms with Gasteiger partial charge in [0.05, 0.1) is 0 Å². The van der Waals surface area contributed by atoms with Gasteiger partial charge in [0.25, 0.3) is 5.91 Å². The van der Waals surface area contributed by atoms with Crippen LogP contribution in [0.4, 0.5) is 17.1 Å². The number of hydrogen-bond donors (Lipinski definition) is 2. The zero-order chi connectivity index (χ0) is 20.7. The second-order valence-electron chi connectivity index (χ2n) is 6.40. The average molecular weight is 524 g/mol. The van der Waals surface area contributed by atoms with E-state index in [-0.39, 0.29) is 18.0 Å². The molecule has 0 aliphatic rings. The van der Waals surface area contributed by atoms with E-state index < -0.39 is 5.91 Å². The van der Waals surface area contributed by atoms with Gasteiger partial charge in [-0.05, 0) is 97.8 Å². The van der Waals surface area contributed by atoms with Gasteiger partial charge in [-0.3, -0.25) is 4.79 Å². The lowest BCUT2D eigenvalue weighted by molar-refractivity contribution is -0.112. The number of nitriles is 1. The van der Waals surface area contributed by atoms with E-state index in [1.54, 1.807) is 0 Å². The van der Waals surface area contributed by atoms with Crippen molar-refractivity contribution >= 4 is 45.6 Å². The molecule has 5 nitrogen and oxygen atoms in total. The third-order valence-electron chi connectivity index (χ3n) is 4.51. The van der Waals surface area contributed by atoms with Crippen molar-refractivity contribution in [3.63, 3.8) is 0 Å². The topological polar surface area (TPSA) is 68.2 Å². The second kappa shape index (κ2) is 11.7. The number of nitrogens with one attached hydrogen (secondary N) is 2. The van der Waals surface area contributed by atoms with Gasteiger partial charge in [0.1, 0.15) is 11.6 Å². The molecular weight excluding hydrogens is 499 g/mol. The van der Waals surface area contributed by atoms with E-state index in [1.165, 1.54) is 6.20 Å². The molecule has 0 atom stereocenters. The number of nitrogens with zero attached hydrogens (tertiary/aromatic N) is 2. The Hall–Kier alpha value is -2.24. The fraction of sp³-hybridized carbons (Fsp3) is 0.273. The Bertz CT molecular complexity index is 933. The molecule has 0 fully saturated rings. The highest BCUT2D eigenvalue weighted by Gasteiger charge is 2.11. The van der Waals surface area contributed by atoms with Gasteiger partial charge >= 0.3 is 0 Å². The molecule has 0 aliphatic heterocycles. The van der Waals surface area contributed by atoms with Crippen molar-refractivity contribution in [2.45, 2.75) is 27.7 Å². The van der Waals surface area contributed by atoms with Crippen molar-refractivity contribution in [1.82, 2.24) is 0 Å². The van der Waals surface area contributed by atoms with E-state index in [0.29, 0.717) is 5.69 Å². The summed E-state index contributed by atoms with van der Waals surface area (Å²) in [5.41, 5.74) is 4.74. The summed E-state index contributed by atoms with van der Waals surface area (Å²) in [6, 6.07) is 13.8. The first kappa shape index (κ1) is 24.8. The lowest BCUT2D eigenvalue weighted by atomic mass is 10.1. The molecule has 0 heterocycles. The summed E-state index contributed by atoms with van der Waals surface area (Å²) in [7, 11) is 0. The third kappa shape index (κ3) is 6.65. The van der Waals surface area contributed by atoms with Gasteiger partial charge < -0.3 is 27.9 Å². The number of rotatable bonds is 7. The maximum atomic E-state index is 12.5. The van der Waals surface area contributed by atoms with Crippen molar-refractivity contribution in [3.05, 3.63) is 62.9 Å². The SMILES string of the molecule is CCN(CC)c1ccc(N/C=C(/C#N)C(=O)Nc2ccc(I)cc2C)c(C)c1.[Cl-]. The zero-order valence-electron chi connectivity index (χ0n) is 17.0. The van der Waals surface area contributed by atoms with E-state index in [0.717, 1.165) is 39.2 Å². The Labute approximate surface area is 192 Å². The number of anilines is 3.